The Bertz CT molecular complexity index is 270. The molecular formula is C10H15NOS. The van der Waals surface area contributed by atoms with Crippen molar-refractivity contribution in [2.75, 3.05) is 19.8 Å². The van der Waals surface area contributed by atoms with Crippen molar-refractivity contribution in [3.8, 4) is 0 Å². The molecule has 0 amide bonds. The van der Waals surface area contributed by atoms with Gasteiger partial charge in [0, 0.05) is 16.3 Å². The van der Waals surface area contributed by atoms with Crippen LogP contribution in [0.15, 0.2) is 6.07 Å². The second-order valence-corrected chi connectivity index (χ2v) is 4.76. The van der Waals surface area contributed by atoms with Gasteiger partial charge in [0.05, 0.1) is 19.3 Å². The molecule has 13 heavy (non-hydrogen) atoms. The molecule has 1 atom stereocenters. The van der Waals surface area contributed by atoms with Crippen LogP contribution in [-0.2, 0) is 4.74 Å². The predicted molar refractivity (Wildman–Crippen MR) is 55.4 cm³/mol. The Kier molecular flexibility index (Phi) is 2.67. The van der Waals surface area contributed by atoms with E-state index in [2.05, 4.69) is 25.2 Å². The summed E-state index contributed by atoms with van der Waals surface area (Å²) >= 11 is 1.88. The molecule has 1 aromatic heterocycles. The number of hydrogen-bond acceptors (Lipinski definition) is 3. The Morgan fingerprint density at radius 2 is 2.38 bits per heavy atom. The van der Waals surface area contributed by atoms with E-state index in [4.69, 9.17) is 4.74 Å². The van der Waals surface area contributed by atoms with Crippen molar-refractivity contribution in [1.82, 2.24) is 5.32 Å². The van der Waals surface area contributed by atoms with Gasteiger partial charge in [0.25, 0.3) is 0 Å². The van der Waals surface area contributed by atoms with Crippen LogP contribution in [0.1, 0.15) is 21.4 Å². The monoisotopic (exact) mass is 197 g/mol. The summed E-state index contributed by atoms with van der Waals surface area (Å²) in [7, 11) is 0. The standard InChI is InChI=1S/C10H15NOS/c1-7-5-10(13-8(7)2)9-6-12-4-3-11-9/h5,9,11H,3-4,6H2,1-2H3/t9-/m1/s1. The maximum Gasteiger partial charge on any atom is 0.0670 e. The van der Waals surface area contributed by atoms with Crippen molar-refractivity contribution in [2.45, 2.75) is 19.9 Å². The van der Waals surface area contributed by atoms with E-state index in [0.29, 0.717) is 6.04 Å². The molecule has 0 radical (unpaired) electrons. The van der Waals surface area contributed by atoms with Crippen LogP contribution in [0, 0.1) is 13.8 Å². The molecule has 1 fully saturated rings. The molecular weight excluding hydrogens is 182 g/mol. The molecule has 0 unspecified atom stereocenters. The van der Waals surface area contributed by atoms with Crippen LogP contribution in [0.3, 0.4) is 0 Å². The summed E-state index contributed by atoms with van der Waals surface area (Å²) in [5.74, 6) is 0. The molecule has 0 aliphatic carbocycles. The van der Waals surface area contributed by atoms with Gasteiger partial charge < -0.3 is 10.1 Å². The van der Waals surface area contributed by atoms with Crippen LogP contribution >= 0.6 is 11.3 Å². The summed E-state index contributed by atoms with van der Waals surface area (Å²) in [6.45, 7) is 6.98. The number of rotatable bonds is 1. The highest BCUT2D eigenvalue weighted by Crippen LogP contribution is 2.27. The quantitative estimate of drug-likeness (QED) is 0.743. The van der Waals surface area contributed by atoms with E-state index in [9.17, 15) is 0 Å². The Hall–Kier alpha value is -0.380. The summed E-state index contributed by atoms with van der Waals surface area (Å²) in [4.78, 5) is 2.83. The van der Waals surface area contributed by atoms with Gasteiger partial charge in [-0.15, -0.1) is 11.3 Å². The van der Waals surface area contributed by atoms with E-state index < -0.39 is 0 Å². The lowest BCUT2D eigenvalue weighted by Gasteiger charge is -2.22. The summed E-state index contributed by atoms with van der Waals surface area (Å²) in [6, 6.07) is 2.69. The largest absolute Gasteiger partial charge is 0.378 e. The fourth-order valence-electron chi connectivity index (χ4n) is 1.52. The first-order valence-electron chi connectivity index (χ1n) is 4.65. The summed E-state index contributed by atoms with van der Waals surface area (Å²) in [6.07, 6.45) is 0. The van der Waals surface area contributed by atoms with Gasteiger partial charge in [-0.1, -0.05) is 0 Å². The maximum absolute atomic E-state index is 5.43. The van der Waals surface area contributed by atoms with Crippen molar-refractivity contribution in [3.05, 3.63) is 21.4 Å². The molecule has 1 N–H and O–H groups in total. The van der Waals surface area contributed by atoms with E-state index in [-0.39, 0.29) is 0 Å². The van der Waals surface area contributed by atoms with Crippen LogP contribution in [0.5, 0.6) is 0 Å². The molecule has 2 rings (SSSR count). The van der Waals surface area contributed by atoms with Crippen LogP contribution in [0.4, 0.5) is 0 Å². The van der Waals surface area contributed by atoms with Crippen LogP contribution in [0.2, 0.25) is 0 Å². The average Bonchev–Trinajstić information content (AvgIpc) is 2.49. The summed E-state index contributed by atoms with van der Waals surface area (Å²) in [5.41, 5.74) is 1.40. The summed E-state index contributed by atoms with van der Waals surface area (Å²) < 4.78 is 5.43. The maximum atomic E-state index is 5.43. The minimum atomic E-state index is 0.422. The molecule has 1 aromatic rings. The van der Waals surface area contributed by atoms with Crippen LogP contribution in [-0.4, -0.2) is 19.8 Å². The molecule has 1 saturated heterocycles. The fourth-order valence-corrected chi connectivity index (χ4v) is 2.62. The van der Waals surface area contributed by atoms with Crippen LogP contribution in [0.25, 0.3) is 0 Å². The first kappa shape index (κ1) is 9.19. The Balaban J connectivity index is 2.14. The normalized spacial score (nSPS) is 23.4. The third-order valence-corrected chi connectivity index (χ3v) is 3.72. The number of morpholine rings is 1. The van der Waals surface area contributed by atoms with Crippen molar-refractivity contribution >= 4 is 11.3 Å². The summed E-state index contributed by atoms with van der Waals surface area (Å²) in [5, 5.41) is 3.46. The highest BCUT2D eigenvalue weighted by Gasteiger charge is 2.17. The molecule has 72 valence electrons. The highest BCUT2D eigenvalue weighted by atomic mass is 32.1. The number of thiophene rings is 1. The zero-order valence-electron chi connectivity index (χ0n) is 8.09. The minimum Gasteiger partial charge on any atom is -0.378 e. The van der Waals surface area contributed by atoms with Gasteiger partial charge in [-0.05, 0) is 25.5 Å². The van der Waals surface area contributed by atoms with Crippen molar-refractivity contribution in [1.29, 1.82) is 0 Å². The van der Waals surface area contributed by atoms with E-state index in [1.807, 2.05) is 11.3 Å². The number of hydrogen-bond donors (Lipinski definition) is 1. The third kappa shape index (κ3) is 1.93. The number of aryl methyl sites for hydroxylation is 2. The molecule has 0 aromatic carbocycles. The van der Waals surface area contributed by atoms with Gasteiger partial charge in [0.2, 0.25) is 0 Å². The Morgan fingerprint density at radius 1 is 1.54 bits per heavy atom. The zero-order chi connectivity index (χ0) is 9.26. The van der Waals surface area contributed by atoms with Crippen molar-refractivity contribution in [3.63, 3.8) is 0 Å². The Morgan fingerprint density at radius 3 is 2.92 bits per heavy atom. The van der Waals surface area contributed by atoms with Gasteiger partial charge >= 0.3 is 0 Å². The average molecular weight is 197 g/mol. The van der Waals surface area contributed by atoms with E-state index in [1.165, 1.54) is 15.3 Å². The number of ether oxygens (including phenoxy) is 1. The zero-order valence-corrected chi connectivity index (χ0v) is 8.91. The number of nitrogens with one attached hydrogen (secondary N) is 1. The van der Waals surface area contributed by atoms with E-state index in [0.717, 1.165) is 19.8 Å². The molecule has 2 nitrogen and oxygen atoms in total. The fraction of sp³-hybridized carbons (Fsp3) is 0.600. The van der Waals surface area contributed by atoms with Gasteiger partial charge in [0.15, 0.2) is 0 Å². The van der Waals surface area contributed by atoms with Crippen molar-refractivity contribution < 1.29 is 4.74 Å². The lowest BCUT2D eigenvalue weighted by atomic mass is 10.2. The van der Waals surface area contributed by atoms with Crippen molar-refractivity contribution in [2.24, 2.45) is 0 Å². The second kappa shape index (κ2) is 3.78. The first-order valence-corrected chi connectivity index (χ1v) is 5.47. The lowest BCUT2D eigenvalue weighted by Crippen LogP contribution is -2.33. The smallest absolute Gasteiger partial charge is 0.0670 e. The molecule has 0 bridgehead atoms. The molecule has 0 spiro atoms. The molecule has 3 heteroatoms. The van der Waals surface area contributed by atoms with Gasteiger partial charge in [-0.25, -0.2) is 0 Å². The predicted octanol–water partition coefficient (Wildman–Crippen LogP) is 2.03. The molecule has 1 aliphatic heterocycles. The topological polar surface area (TPSA) is 21.3 Å². The second-order valence-electron chi connectivity index (χ2n) is 3.47. The molecule has 2 heterocycles. The van der Waals surface area contributed by atoms with E-state index >= 15 is 0 Å². The highest BCUT2D eigenvalue weighted by molar-refractivity contribution is 7.12. The molecule has 1 aliphatic rings. The SMILES string of the molecule is Cc1cc([C@H]2COCCN2)sc1C. The third-order valence-electron chi connectivity index (χ3n) is 2.45. The van der Waals surface area contributed by atoms with Gasteiger partial charge in [-0.2, -0.15) is 0 Å². The van der Waals surface area contributed by atoms with E-state index in [1.54, 1.807) is 0 Å². The van der Waals surface area contributed by atoms with Gasteiger partial charge in [-0.3, -0.25) is 0 Å². The Labute approximate surface area is 82.9 Å². The first-order chi connectivity index (χ1) is 6.27. The van der Waals surface area contributed by atoms with Crippen LogP contribution < -0.4 is 5.32 Å². The van der Waals surface area contributed by atoms with Gasteiger partial charge in [0.1, 0.15) is 0 Å². The minimum absolute atomic E-state index is 0.422. The lowest BCUT2D eigenvalue weighted by molar-refractivity contribution is 0.0779. The molecule has 0 saturated carbocycles.